The van der Waals surface area contributed by atoms with Crippen molar-refractivity contribution in [2.45, 2.75) is 0 Å². The van der Waals surface area contributed by atoms with Gasteiger partial charge in [-0.15, -0.1) is 0 Å². The van der Waals surface area contributed by atoms with Crippen molar-refractivity contribution in [3.05, 3.63) is 29.8 Å². The third kappa shape index (κ3) is 4.81. The zero-order valence-corrected chi connectivity index (χ0v) is 10.7. The number of benzene rings is 1. The predicted octanol–water partition coefficient (Wildman–Crippen LogP) is 1.53. The smallest absolute Gasteiger partial charge is 0.323 e. The molecule has 110 valence electrons. The van der Waals surface area contributed by atoms with E-state index in [0.29, 0.717) is 6.07 Å². The summed E-state index contributed by atoms with van der Waals surface area (Å²) in [6.45, 7) is -0.401. The number of methoxy groups -OCH3 is 1. The van der Waals surface area contributed by atoms with Crippen LogP contribution in [0.2, 0.25) is 0 Å². The van der Waals surface area contributed by atoms with Crippen LogP contribution in [0, 0.1) is 11.6 Å². The van der Waals surface area contributed by atoms with Gasteiger partial charge in [0.2, 0.25) is 0 Å². The van der Waals surface area contributed by atoms with Crippen LogP contribution >= 0.6 is 0 Å². The average Bonchev–Trinajstić information content (AvgIpc) is 2.37. The summed E-state index contributed by atoms with van der Waals surface area (Å²) in [5, 5.41) is 10.9. The molecule has 0 fully saturated rings. The third-order valence-electron chi connectivity index (χ3n) is 2.35. The molecule has 0 aliphatic heterocycles. The Hall–Kier alpha value is -2.22. The minimum absolute atomic E-state index is 0.0252. The second-order valence-corrected chi connectivity index (χ2v) is 3.86. The Morgan fingerprint density at radius 1 is 1.40 bits per heavy atom. The van der Waals surface area contributed by atoms with Crippen LogP contribution in [0.5, 0.6) is 0 Å². The Balaban J connectivity index is 2.76. The summed E-state index contributed by atoms with van der Waals surface area (Å²) >= 11 is 0. The van der Waals surface area contributed by atoms with Gasteiger partial charge in [0.25, 0.3) is 0 Å². The molecule has 8 heteroatoms. The number of carbonyl (C=O) groups is 2. The van der Waals surface area contributed by atoms with Gasteiger partial charge in [-0.05, 0) is 12.1 Å². The predicted molar refractivity (Wildman–Crippen MR) is 66.5 cm³/mol. The van der Waals surface area contributed by atoms with Gasteiger partial charge in [-0.1, -0.05) is 0 Å². The number of nitrogens with one attached hydrogen (secondary N) is 1. The number of carbonyl (C=O) groups excluding carboxylic acids is 1. The van der Waals surface area contributed by atoms with E-state index in [1.165, 1.54) is 7.11 Å². The summed E-state index contributed by atoms with van der Waals surface area (Å²) in [7, 11) is 1.40. The number of urea groups is 1. The van der Waals surface area contributed by atoms with E-state index in [4.69, 9.17) is 9.84 Å². The van der Waals surface area contributed by atoms with Gasteiger partial charge in [-0.2, -0.15) is 0 Å². The molecule has 0 aromatic heterocycles. The number of aliphatic carboxylic acids is 1. The number of carboxylic acids is 1. The summed E-state index contributed by atoms with van der Waals surface area (Å²) in [4.78, 5) is 23.4. The van der Waals surface area contributed by atoms with Crippen LogP contribution in [0.15, 0.2) is 18.2 Å². The lowest BCUT2D eigenvalue weighted by atomic mass is 10.3. The van der Waals surface area contributed by atoms with Crippen LogP contribution in [-0.4, -0.2) is 48.8 Å². The van der Waals surface area contributed by atoms with Crippen molar-refractivity contribution in [2.75, 3.05) is 32.1 Å². The Labute approximate surface area is 113 Å². The van der Waals surface area contributed by atoms with Crippen LogP contribution < -0.4 is 5.32 Å². The molecule has 1 aromatic rings. The van der Waals surface area contributed by atoms with Crippen molar-refractivity contribution in [1.29, 1.82) is 0 Å². The first-order valence-electron chi connectivity index (χ1n) is 5.65. The standard InChI is InChI=1S/C12H14F2N2O4/c1-20-5-4-16(7-11(17)18)12(19)15-10-3-2-8(13)6-9(10)14/h2-3,6H,4-5,7H2,1H3,(H,15,19)(H,17,18). The number of hydrogen-bond acceptors (Lipinski definition) is 3. The molecule has 0 saturated carbocycles. The van der Waals surface area contributed by atoms with E-state index >= 15 is 0 Å². The quantitative estimate of drug-likeness (QED) is 0.832. The molecule has 0 heterocycles. The third-order valence-corrected chi connectivity index (χ3v) is 2.35. The summed E-state index contributed by atoms with van der Waals surface area (Å²) in [6, 6.07) is 1.84. The van der Waals surface area contributed by atoms with Crippen molar-refractivity contribution in [2.24, 2.45) is 0 Å². The normalized spacial score (nSPS) is 10.2. The molecule has 20 heavy (non-hydrogen) atoms. The van der Waals surface area contributed by atoms with E-state index in [9.17, 15) is 18.4 Å². The molecule has 0 aliphatic rings. The highest BCUT2D eigenvalue weighted by atomic mass is 19.1. The van der Waals surface area contributed by atoms with Crippen LogP contribution in [-0.2, 0) is 9.53 Å². The van der Waals surface area contributed by atoms with E-state index in [0.717, 1.165) is 17.0 Å². The highest BCUT2D eigenvalue weighted by Gasteiger charge is 2.18. The van der Waals surface area contributed by atoms with Crippen LogP contribution in [0.4, 0.5) is 19.3 Å². The molecule has 0 radical (unpaired) electrons. The maximum Gasteiger partial charge on any atom is 0.323 e. The Morgan fingerprint density at radius 3 is 2.65 bits per heavy atom. The first-order chi connectivity index (χ1) is 9.43. The lowest BCUT2D eigenvalue weighted by Crippen LogP contribution is -2.40. The Bertz CT molecular complexity index is 496. The van der Waals surface area contributed by atoms with Crippen molar-refractivity contribution < 1.29 is 28.2 Å². The molecule has 0 spiro atoms. The van der Waals surface area contributed by atoms with Crippen LogP contribution in [0.1, 0.15) is 0 Å². The SMILES string of the molecule is COCCN(CC(=O)O)C(=O)Nc1ccc(F)cc1F. The van der Waals surface area contributed by atoms with Gasteiger partial charge in [-0.25, -0.2) is 13.6 Å². The van der Waals surface area contributed by atoms with Gasteiger partial charge < -0.3 is 20.1 Å². The average molecular weight is 288 g/mol. The molecular formula is C12H14F2N2O4. The number of rotatable bonds is 6. The van der Waals surface area contributed by atoms with Gasteiger partial charge in [0.05, 0.1) is 12.3 Å². The van der Waals surface area contributed by atoms with Crippen LogP contribution in [0.25, 0.3) is 0 Å². The number of nitrogens with zero attached hydrogens (tertiary/aromatic N) is 1. The van der Waals surface area contributed by atoms with Crippen molar-refractivity contribution in [3.8, 4) is 0 Å². The minimum atomic E-state index is -1.21. The largest absolute Gasteiger partial charge is 0.480 e. The number of amides is 2. The Kier molecular flexibility index (Phi) is 5.85. The molecule has 0 aliphatic carbocycles. The number of ether oxygens (including phenoxy) is 1. The molecule has 0 atom stereocenters. The molecule has 0 unspecified atom stereocenters. The molecule has 0 bridgehead atoms. The molecular weight excluding hydrogens is 274 g/mol. The molecule has 1 rings (SSSR count). The number of carboxylic acid groups (broad SMARTS) is 1. The Morgan fingerprint density at radius 2 is 2.10 bits per heavy atom. The molecule has 2 amide bonds. The molecule has 6 nitrogen and oxygen atoms in total. The second-order valence-electron chi connectivity index (χ2n) is 3.86. The van der Waals surface area contributed by atoms with Crippen LogP contribution in [0.3, 0.4) is 0 Å². The monoisotopic (exact) mass is 288 g/mol. The second kappa shape index (κ2) is 7.39. The summed E-state index contributed by atoms with van der Waals surface area (Å²) in [6.07, 6.45) is 0. The zero-order chi connectivity index (χ0) is 15.1. The van der Waals surface area contributed by atoms with Crippen molar-refractivity contribution in [3.63, 3.8) is 0 Å². The summed E-state index contributed by atoms with van der Waals surface area (Å²) in [5.74, 6) is -2.93. The number of hydrogen-bond donors (Lipinski definition) is 2. The highest BCUT2D eigenvalue weighted by Crippen LogP contribution is 2.15. The molecule has 0 saturated heterocycles. The fourth-order valence-electron chi connectivity index (χ4n) is 1.40. The summed E-state index contributed by atoms with van der Waals surface area (Å²) < 4.78 is 30.9. The fraction of sp³-hybridized carbons (Fsp3) is 0.333. The topological polar surface area (TPSA) is 78.9 Å². The first-order valence-corrected chi connectivity index (χ1v) is 5.65. The van der Waals surface area contributed by atoms with Crippen molar-refractivity contribution in [1.82, 2.24) is 4.90 Å². The van der Waals surface area contributed by atoms with Gasteiger partial charge in [0.15, 0.2) is 0 Å². The van der Waals surface area contributed by atoms with E-state index in [-0.39, 0.29) is 18.8 Å². The number of anilines is 1. The van der Waals surface area contributed by atoms with Gasteiger partial charge in [-0.3, -0.25) is 4.79 Å². The van der Waals surface area contributed by atoms with Gasteiger partial charge in [0.1, 0.15) is 18.2 Å². The summed E-state index contributed by atoms with van der Waals surface area (Å²) in [5.41, 5.74) is -0.232. The minimum Gasteiger partial charge on any atom is -0.480 e. The molecule has 1 aromatic carbocycles. The number of halogens is 2. The van der Waals surface area contributed by atoms with E-state index in [1.807, 2.05) is 0 Å². The lowest BCUT2D eigenvalue weighted by Gasteiger charge is -2.20. The van der Waals surface area contributed by atoms with Gasteiger partial charge in [0, 0.05) is 19.7 Å². The maximum atomic E-state index is 13.4. The van der Waals surface area contributed by atoms with E-state index in [2.05, 4.69) is 5.32 Å². The fourth-order valence-corrected chi connectivity index (χ4v) is 1.40. The van der Waals surface area contributed by atoms with Crippen molar-refractivity contribution >= 4 is 17.7 Å². The van der Waals surface area contributed by atoms with E-state index < -0.39 is 30.2 Å². The van der Waals surface area contributed by atoms with Gasteiger partial charge >= 0.3 is 12.0 Å². The first kappa shape index (κ1) is 15.8. The zero-order valence-electron chi connectivity index (χ0n) is 10.7. The highest BCUT2D eigenvalue weighted by molar-refractivity contribution is 5.91. The molecule has 2 N–H and O–H groups in total. The lowest BCUT2D eigenvalue weighted by molar-refractivity contribution is -0.137. The maximum absolute atomic E-state index is 13.4. The van der Waals surface area contributed by atoms with E-state index in [1.54, 1.807) is 0 Å².